The minimum Gasteiger partial charge on any atom is -0.461 e. The molecule has 22 heavy (non-hydrogen) atoms. The van der Waals surface area contributed by atoms with Crippen LogP contribution in [-0.4, -0.2) is 37.7 Å². The highest BCUT2D eigenvalue weighted by atomic mass is 35.5. The number of ether oxygens (including phenoxy) is 1. The molecular formula is C17H19Cl2NO2. The summed E-state index contributed by atoms with van der Waals surface area (Å²) in [4.78, 5) is 2.43. The van der Waals surface area contributed by atoms with Crippen LogP contribution in [-0.2, 0) is 11.2 Å². The monoisotopic (exact) mass is 339 g/mol. The zero-order valence-electron chi connectivity index (χ0n) is 12.4. The Labute approximate surface area is 140 Å². The first-order chi connectivity index (χ1) is 10.7. The van der Waals surface area contributed by atoms with E-state index in [4.69, 9.17) is 32.4 Å². The van der Waals surface area contributed by atoms with E-state index in [0.717, 1.165) is 62.8 Å². The van der Waals surface area contributed by atoms with Crippen LogP contribution in [0.4, 0.5) is 0 Å². The smallest absolute Gasteiger partial charge is 0.135 e. The average molecular weight is 340 g/mol. The van der Waals surface area contributed by atoms with E-state index in [9.17, 15) is 0 Å². The third-order valence-electron chi connectivity index (χ3n) is 3.86. The van der Waals surface area contributed by atoms with Crippen LogP contribution in [0.25, 0.3) is 11.3 Å². The summed E-state index contributed by atoms with van der Waals surface area (Å²) in [6.07, 6.45) is 2.01. The number of benzene rings is 1. The van der Waals surface area contributed by atoms with E-state index in [-0.39, 0.29) is 0 Å². The molecule has 3 rings (SSSR count). The van der Waals surface area contributed by atoms with E-state index >= 15 is 0 Å². The molecule has 0 amide bonds. The first-order valence-electron chi connectivity index (χ1n) is 7.56. The van der Waals surface area contributed by atoms with E-state index in [1.165, 1.54) is 0 Å². The first-order valence-corrected chi connectivity index (χ1v) is 8.32. The van der Waals surface area contributed by atoms with Crippen LogP contribution in [0.3, 0.4) is 0 Å². The average Bonchev–Trinajstić information content (AvgIpc) is 2.99. The van der Waals surface area contributed by atoms with Crippen LogP contribution in [0.15, 0.2) is 34.7 Å². The van der Waals surface area contributed by atoms with Crippen LogP contribution in [0.2, 0.25) is 10.0 Å². The zero-order chi connectivity index (χ0) is 15.4. The molecule has 0 spiro atoms. The number of aryl methyl sites for hydroxylation is 1. The molecule has 1 aromatic carbocycles. The van der Waals surface area contributed by atoms with Gasteiger partial charge in [-0.25, -0.2) is 0 Å². The van der Waals surface area contributed by atoms with Gasteiger partial charge in [0.15, 0.2) is 0 Å². The van der Waals surface area contributed by atoms with Crippen molar-refractivity contribution in [1.29, 1.82) is 0 Å². The third-order valence-corrected chi connectivity index (χ3v) is 4.42. The summed E-state index contributed by atoms with van der Waals surface area (Å²) >= 11 is 12.2. The molecule has 3 nitrogen and oxygen atoms in total. The molecule has 0 radical (unpaired) electrons. The molecule has 1 aliphatic rings. The van der Waals surface area contributed by atoms with Crippen molar-refractivity contribution in [2.24, 2.45) is 0 Å². The van der Waals surface area contributed by atoms with E-state index in [1.54, 1.807) is 12.1 Å². The van der Waals surface area contributed by atoms with Gasteiger partial charge in [0.25, 0.3) is 0 Å². The van der Waals surface area contributed by atoms with Crippen molar-refractivity contribution in [3.8, 4) is 11.3 Å². The molecule has 1 saturated heterocycles. The maximum absolute atomic E-state index is 6.21. The number of halogens is 2. The van der Waals surface area contributed by atoms with Crippen molar-refractivity contribution >= 4 is 23.2 Å². The molecule has 0 aliphatic carbocycles. The molecule has 0 bridgehead atoms. The van der Waals surface area contributed by atoms with Crippen molar-refractivity contribution < 1.29 is 9.15 Å². The van der Waals surface area contributed by atoms with Gasteiger partial charge in [0.2, 0.25) is 0 Å². The molecule has 1 aliphatic heterocycles. The summed E-state index contributed by atoms with van der Waals surface area (Å²) in [5, 5.41) is 1.31. The van der Waals surface area contributed by atoms with Gasteiger partial charge >= 0.3 is 0 Å². The van der Waals surface area contributed by atoms with Crippen molar-refractivity contribution in [1.82, 2.24) is 4.90 Å². The highest BCUT2D eigenvalue weighted by molar-refractivity contribution is 6.35. The van der Waals surface area contributed by atoms with Crippen LogP contribution >= 0.6 is 23.2 Å². The second-order valence-corrected chi connectivity index (χ2v) is 6.29. The predicted octanol–water partition coefficient (Wildman–Crippen LogP) is 4.52. The molecule has 0 saturated carbocycles. The van der Waals surface area contributed by atoms with Gasteiger partial charge in [0.1, 0.15) is 11.5 Å². The van der Waals surface area contributed by atoms with Gasteiger partial charge in [0.05, 0.1) is 18.2 Å². The summed E-state index contributed by atoms with van der Waals surface area (Å²) in [7, 11) is 0. The lowest BCUT2D eigenvalue weighted by Gasteiger charge is -2.26. The van der Waals surface area contributed by atoms with Crippen LogP contribution in [0.1, 0.15) is 12.2 Å². The normalized spacial score (nSPS) is 16.1. The second-order valence-electron chi connectivity index (χ2n) is 5.45. The Balaban J connectivity index is 1.58. The lowest BCUT2D eigenvalue weighted by Crippen LogP contribution is -2.36. The van der Waals surface area contributed by atoms with Crippen molar-refractivity contribution in [3.05, 3.63) is 46.1 Å². The maximum Gasteiger partial charge on any atom is 0.135 e. The van der Waals surface area contributed by atoms with Gasteiger partial charge in [-0.3, -0.25) is 4.90 Å². The van der Waals surface area contributed by atoms with E-state index in [0.29, 0.717) is 10.0 Å². The SMILES string of the molecule is Clc1ccc(Cl)c(-c2ccc(CCCN3CCOCC3)o2)c1. The zero-order valence-corrected chi connectivity index (χ0v) is 13.9. The minimum atomic E-state index is 0.651. The number of hydrogen-bond donors (Lipinski definition) is 0. The fourth-order valence-corrected chi connectivity index (χ4v) is 3.03. The lowest BCUT2D eigenvalue weighted by atomic mass is 10.2. The van der Waals surface area contributed by atoms with Crippen molar-refractivity contribution in [2.75, 3.05) is 32.8 Å². The van der Waals surface area contributed by atoms with Gasteiger partial charge in [-0.05, 0) is 43.3 Å². The molecule has 1 aromatic heterocycles. The molecule has 2 heterocycles. The number of rotatable bonds is 5. The van der Waals surface area contributed by atoms with Gasteiger partial charge in [-0.1, -0.05) is 23.2 Å². The van der Waals surface area contributed by atoms with Crippen LogP contribution in [0, 0.1) is 0 Å². The fourth-order valence-electron chi connectivity index (χ4n) is 2.65. The standard InChI is InChI=1S/C17H19Cl2NO2/c18-13-3-5-16(19)15(12-13)17-6-4-14(22-17)2-1-7-20-8-10-21-11-9-20/h3-6,12H,1-2,7-11H2. The summed E-state index contributed by atoms with van der Waals surface area (Å²) in [6.45, 7) is 4.83. The molecule has 0 N–H and O–H groups in total. The van der Waals surface area contributed by atoms with E-state index < -0.39 is 0 Å². The van der Waals surface area contributed by atoms with E-state index in [2.05, 4.69) is 4.90 Å². The summed E-state index contributed by atoms with van der Waals surface area (Å²) in [6, 6.07) is 9.38. The molecule has 0 atom stereocenters. The lowest BCUT2D eigenvalue weighted by molar-refractivity contribution is 0.0373. The maximum atomic E-state index is 6.21. The highest BCUT2D eigenvalue weighted by Gasteiger charge is 2.12. The topological polar surface area (TPSA) is 25.6 Å². The Bertz CT molecular complexity index is 621. The number of morpholine rings is 1. The summed E-state index contributed by atoms with van der Waals surface area (Å²) in [5.74, 6) is 1.76. The summed E-state index contributed by atoms with van der Waals surface area (Å²) < 4.78 is 11.3. The van der Waals surface area contributed by atoms with Crippen LogP contribution in [0.5, 0.6) is 0 Å². The van der Waals surface area contributed by atoms with E-state index in [1.807, 2.05) is 18.2 Å². The predicted molar refractivity (Wildman–Crippen MR) is 89.7 cm³/mol. The first kappa shape index (κ1) is 15.9. The Morgan fingerprint density at radius 3 is 2.68 bits per heavy atom. The molecule has 5 heteroatoms. The van der Waals surface area contributed by atoms with Crippen molar-refractivity contribution in [3.63, 3.8) is 0 Å². The number of furan rings is 1. The van der Waals surface area contributed by atoms with Crippen LogP contribution < -0.4 is 0 Å². The largest absolute Gasteiger partial charge is 0.461 e. The Morgan fingerprint density at radius 1 is 1.05 bits per heavy atom. The Hall–Kier alpha value is -1.00. The third kappa shape index (κ3) is 4.05. The Kier molecular flexibility index (Phi) is 5.42. The molecule has 118 valence electrons. The molecule has 2 aromatic rings. The van der Waals surface area contributed by atoms with Crippen molar-refractivity contribution in [2.45, 2.75) is 12.8 Å². The highest BCUT2D eigenvalue weighted by Crippen LogP contribution is 2.32. The number of hydrogen-bond acceptors (Lipinski definition) is 3. The number of nitrogens with zero attached hydrogens (tertiary/aromatic N) is 1. The molecule has 0 unspecified atom stereocenters. The van der Waals surface area contributed by atoms with Gasteiger partial charge in [0, 0.05) is 30.1 Å². The quantitative estimate of drug-likeness (QED) is 0.800. The fraction of sp³-hybridized carbons (Fsp3) is 0.412. The molecular weight excluding hydrogens is 321 g/mol. The van der Waals surface area contributed by atoms with Gasteiger partial charge < -0.3 is 9.15 Å². The molecule has 1 fully saturated rings. The minimum absolute atomic E-state index is 0.651. The van der Waals surface area contributed by atoms with Gasteiger partial charge in [-0.15, -0.1) is 0 Å². The summed E-state index contributed by atoms with van der Waals surface area (Å²) in [5.41, 5.74) is 0.841. The Morgan fingerprint density at radius 2 is 1.86 bits per heavy atom. The second kappa shape index (κ2) is 7.51. The van der Waals surface area contributed by atoms with Gasteiger partial charge in [-0.2, -0.15) is 0 Å².